The summed E-state index contributed by atoms with van der Waals surface area (Å²) >= 11 is 0. The molecule has 3 saturated carbocycles. The number of allylic oxidation sites excluding steroid dienone is 4. The first kappa shape index (κ1) is 44.0. The second-order valence-electron chi connectivity index (χ2n) is 20.4. The van der Waals surface area contributed by atoms with Gasteiger partial charge in [-0.05, 0) is 115 Å². The molecule has 9 atom stereocenters. The lowest BCUT2D eigenvalue weighted by Gasteiger charge is -2.62. The van der Waals surface area contributed by atoms with Crippen molar-refractivity contribution in [2.45, 2.75) is 135 Å². The van der Waals surface area contributed by atoms with Gasteiger partial charge in [0.15, 0.2) is 33.9 Å². The third-order valence-corrected chi connectivity index (χ3v) is 23.9. The molecule has 1 aromatic carbocycles. The third kappa shape index (κ3) is 8.16. The van der Waals surface area contributed by atoms with E-state index in [0.717, 1.165) is 5.56 Å². The van der Waals surface area contributed by atoms with Crippen LogP contribution in [0.1, 0.15) is 80.2 Å². The van der Waals surface area contributed by atoms with Gasteiger partial charge in [0, 0.05) is 30.3 Å². The van der Waals surface area contributed by atoms with E-state index in [1.807, 2.05) is 31.2 Å². The largest absolute Gasteiger partial charge is 0.491 e. The zero-order valence-corrected chi connectivity index (χ0v) is 37.3. The first-order valence-electron chi connectivity index (χ1n) is 20.1. The smallest absolute Gasteiger partial charge is 0.192 e. The maximum absolute atomic E-state index is 17.9. The molecular formula is C43H67F2NO7Si2. The number of hydrogen-bond acceptors (Lipinski definition) is 8. The van der Waals surface area contributed by atoms with Gasteiger partial charge in [-0.1, -0.05) is 66.7 Å². The number of rotatable bonds is 13. The number of hydroxylamine groups is 2. The molecule has 1 aromatic rings. The van der Waals surface area contributed by atoms with Crippen molar-refractivity contribution in [3.05, 3.63) is 53.6 Å². The van der Waals surface area contributed by atoms with Crippen molar-refractivity contribution >= 4 is 28.2 Å². The van der Waals surface area contributed by atoms with Gasteiger partial charge in [-0.2, -0.15) is 5.06 Å². The van der Waals surface area contributed by atoms with Crippen molar-refractivity contribution in [1.82, 2.24) is 5.06 Å². The Labute approximate surface area is 330 Å². The maximum Gasteiger partial charge on any atom is 0.192 e. The number of benzene rings is 1. The van der Waals surface area contributed by atoms with E-state index in [-0.39, 0.29) is 54.0 Å². The standard InChI is InChI=1S/C43H67F2NO7Si2/c1-39(2,3)54(9,10)52-20-19-51-31-15-13-28(14-16-31)25-46(50)26-29-21-32-33-23-35(44)34-22-30(47)17-18-42(34,8)43(33,45)37(49)24-41(32,7)38(29)36(48)27-53-55(11,12)40(4,5)6/h13-18,22,29,32-33,35,37-38,49-50H,19-21,23-27H2,1-12H3/t29-,32-,33-,35-,37-,38+,41-,42-,43-/m0/s1. The fraction of sp³-hybridized carbons (Fsp3) is 0.721. The van der Waals surface area contributed by atoms with Gasteiger partial charge in [-0.3, -0.25) is 9.59 Å². The van der Waals surface area contributed by atoms with Crippen molar-refractivity contribution < 1.29 is 42.3 Å². The van der Waals surface area contributed by atoms with Crippen molar-refractivity contribution in [3.63, 3.8) is 0 Å². The Hall–Kier alpha value is -2.07. The highest BCUT2D eigenvalue weighted by atomic mass is 28.4. The van der Waals surface area contributed by atoms with Crippen molar-refractivity contribution in [1.29, 1.82) is 0 Å². The molecule has 0 aromatic heterocycles. The summed E-state index contributed by atoms with van der Waals surface area (Å²) in [5.41, 5.74) is -3.72. The minimum atomic E-state index is -2.32. The summed E-state index contributed by atoms with van der Waals surface area (Å²) in [7, 11) is -4.19. The lowest BCUT2D eigenvalue weighted by atomic mass is 9.45. The van der Waals surface area contributed by atoms with E-state index in [2.05, 4.69) is 67.7 Å². The van der Waals surface area contributed by atoms with Crippen molar-refractivity contribution in [3.8, 4) is 5.75 Å². The highest BCUT2D eigenvalue weighted by Crippen LogP contribution is 2.70. The number of nitrogens with zero attached hydrogens (tertiary/aromatic N) is 1. The number of fused-ring (bicyclic) bond motifs is 5. The first-order valence-corrected chi connectivity index (χ1v) is 25.9. The number of carbonyl (C=O) groups excluding carboxylic acids is 2. The second kappa shape index (κ2) is 15.3. The van der Waals surface area contributed by atoms with Crippen LogP contribution in [-0.2, 0) is 25.0 Å². The van der Waals surface area contributed by atoms with Crippen LogP contribution in [0.15, 0.2) is 48.1 Å². The summed E-state index contributed by atoms with van der Waals surface area (Å²) in [6, 6.07) is 7.51. The molecular weight excluding hydrogens is 737 g/mol. The molecule has 3 fully saturated rings. The number of hydrogen-bond donors (Lipinski definition) is 2. The van der Waals surface area contributed by atoms with Crippen LogP contribution in [0.25, 0.3) is 0 Å². The number of aliphatic hydroxyl groups is 1. The summed E-state index contributed by atoms with van der Waals surface area (Å²) in [4.78, 5) is 26.8. The van der Waals surface area contributed by atoms with E-state index in [1.54, 1.807) is 6.92 Å². The van der Waals surface area contributed by atoms with Gasteiger partial charge in [-0.15, -0.1) is 0 Å². The molecule has 55 heavy (non-hydrogen) atoms. The molecule has 0 saturated heterocycles. The summed E-state index contributed by atoms with van der Waals surface area (Å²) < 4.78 is 52.6. The van der Waals surface area contributed by atoms with E-state index in [4.69, 9.17) is 13.6 Å². The van der Waals surface area contributed by atoms with E-state index in [0.29, 0.717) is 25.4 Å². The van der Waals surface area contributed by atoms with Crippen LogP contribution in [0.2, 0.25) is 36.3 Å². The number of halogens is 2. The number of ketones is 2. The fourth-order valence-electron chi connectivity index (χ4n) is 9.66. The minimum Gasteiger partial charge on any atom is -0.491 e. The molecule has 0 spiro atoms. The zero-order valence-electron chi connectivity index (χ0n) is 35.3. The summed E-state index contributed by atoms with van der Waals surface area (Å²) in [6.45, 7) is 26.2. The maximum atomic E-state index is 17.9. The van der Waals surface area contributed by atoms with Gasteiger partial charge < -0.3 is 23.9 Å². The third-order valence-electron chi connectivity index (χ3n) is 14.9. The monoisotopic (exact) mass is 803 g/mol. The Bertz CT molecular complexity index is 1650. The number of alkyl halides is 2. The quantitative estimate of drug-likeness (QED) is 0.116. The highest BCUT2D eigenvalue weighted by Gasteiger charge is 2.73. The predicted octanol–water partition coefficient (Wildman–Crippen LogP) is 9.03. The summed E-state index contributed by atoms with van der Waals surface area (Å²) in [5.74, 6) is -2.26. The van der Waals surface area contributed by atoms with Crippen LogP contribution >= 0.6 is 0 Å². The lowest BCUT2D eigenvalue weighted by molar-refractivity contribution is -0.202. The molecule has 0 bridgehead atoms. The lowest BCUT2D eigenvalue weighted by Crippen LogP contribution is -2.68. The minimum absolute atomic E-state index is 0.00685. The molecule has 5 rings (SSSR count). The molecule has 4 aliphatic carbocycles. The Morgan fingerprint density at radius 3 is 2.15 bits per heavy atom. The van der Waals surface area contributed by atoms with Gasteiger partial charge >= 0.3 is 0 Å². The molecule has 12 heteroatoms. The van der Waals surface area contributed by atoms with Gasteiger partial charge in [0.25, 0.3) is 0 Å². The average molecular weight is 804 g/mol. The molecule has 308 valence electrons. The normalized spacial score (nSPS) is 33.9. The Balaban J connectivity index is 1.35. The van der Waals surface area contributed by atoms with E-state index < -0.39 is 74.9 Å². The molecule has 8 nitrogen and oxygen atoms in total. The van der Waals surface area contributed by atoms with Gasteiger partial charge in [0.1, 0.15) is 18.5 Å². The van der Waals surface area contributed by atoms with Crippen LogP contribution in [0, 0.1) is 34.5 Å². The molecule has 0 unspecified atom stereocenters. The van der Waals surface area contributed by atoms with Crippen LogP contribution < -0.4 is 4.74 Å². The SMILES string of the molecule is CC(C)(C)[Si](C)(C)OCCOc1ccc(CN(O)C[C@@H]2C[C@H]3[C@@H]4C[C@H](F)C5=CC(=O)C=C[C@]5(C)[C@@]4(F)[C@@H](O)C[C@]3(C)[C@H]2C(=O)CO[Si](C)(C)C(C)(C)C)cc1. The van der Waals surface area contributed by atoms with Crippen LogP contribution in [0.4, 0.5) is 8.78 Å². The molecule has 0 radical (unpaired) electrons. The molecule has 2 N–H and O–H groups in total. The molecule has 0 amide bonds. The highest BCUT2D eigenvalue weighted by molar-refractivity contribution is 6.74. The molecule has 0 heterocycles. The van der Waals surface area contributed by atoms with Gasteiger partial charge in [0.2, 0.25) is 0 Å². The van der Waals surface area contributed by atoms with Gasteiger partial charge in [0.05, 0.1) is 19.3 Å². The van der Waals surface area contributed by atoms with Crippen molar-refractivity contribution in [2.75, 3.05) is 26.4 Å². The topological polar surface area (TPSA) is 106 Å². The molecule has 4 aliphatic rings. The zero-order chi connectivity index (χ0) is 41.2. The first-order chi connectivity index (χ1) is 25.2. The van der Waals surface area contributed by atoms with Crippen LogP contribution in [0.5, 0.6) is 5.75 Å². The average Bonchev–Trinajstić information content (AvgIpc) is 3.34. The van der Waals surface area contributed by atoms with E-state index in [1.165, 1.54) is 23.3 Å². The number of aliphatic hydroxyl groups excluding tert-OH is 1. The Morgan fingerprint density at radius 2 is 1.55 bits per heavy atom. The van der Waals surface area contributed by atoms with Gasteiger partial charge in [-0.25, -0.2) is 8.78 Å². The summed E-state index contributed by atoms with van der Waals surface area (Å²) in [5, 5.41) is 24.5. The Kier molecular flexibility index (Phi) is 12.2. The number of ether oxygens (including phenoxy) is 1. The van der Waals surface area contributed by atoms with E-state index in [9.17, 15) is 19.9 Å². The Morgan fingerprint density at radius 1 is 0.945 bits per heavy atom. The van der Waals surface area contributed by atoms with Crippen LogP contribution in [-0.4, -0.2) is 87.9 Å². The van der Waals surface area contributed by atoms with Crippen LogP contribution in [0.3, 0.4) is 0 Å². The fourth-order valence-corrected chi connectivity index (χ4v) is 11.6. The second-order valence-corrected chi connectivity index (χ2v) is 30.0. The number of carbonyl (C=O) groups is 2. The van der Waals surface area contributed by atoms with Crippen molar-refractivity contribution in [2.24, 2.45) is 34.5 Å². The number of Topliss-reactive ketones (excluding diaryl/α,β-unsaturated/α-hetero) is 1. The van der Waals surface area contributed by atoms with E-state index >= 15 is 8.78 Å². The predicted molar refractivity (Wildman–Crippen MR) is 216 cm³/mol. The summed E-state index contributed by atoms with van der Waals surface area (Å²) in [6.07, 6.45) is 1.01. The molecule has 0 aliphatic heterocycles.